The minimum atomic E-state index is -0.245. The molecule has 25 heavy (non-hydrogen) atoms. The lowest BCUT2D eigenvalue weighted by atomic mass is 10.2. The Morgan fingerprint density at radius 1 is 1.16 bits per heavy atom. The predicted molar refractivity (Wildman–Crippen MR) is 98.7 cm³/mol. The maximum atomic E-state index is 12.1. The lowest BCUT2D eigenvalue weighted by Crippen LogP contribution is -2.26. The van der Waals surface area contributed by atoms with Gasteiger partial charge in [0.2, 0.25) is 5.16 Å². The number of para-hydroxylation sites is 1. The Balaban J connectivity index is 1.54. The second kappa shape index (κ2) is 8.33. The zero-order valence-corrected chi connectivity index (χ0v) is 15.2. The molecule has 9 heteroatoms. The summed E-state index contributed by atoms with van der Waals surface area (Å²) in [7, 11) is 0. The van der Waals surface area contributed by atoms with Crippen molar-refractivity contribution < 1.29 is 4.79 Å². The van der Waals surface area contributed by atoms with Crippen LogP contribution in [-0.4, -0.2) is 38.4 Å². The summed E-state index contributed by atoms with van der Waals surface area (Å²) in [4.78, 5) is 12.1. The highest BCUT2D eigenvalue weighted by Gasteiger charge is 2.11. The first-order valence-electron chi connectivity index (χ1n) is 7.35. The Kier molecular flexibility index (Phi) is 5.91. The van der Waals surface area contributed by atoms with E-state index >= 15 is 0 Å². The highest BCUT2D eigenvalue weighted by molar-refractivity contribution is 7.99. The molecule has 0 atom stereocenters. The van der Waals surface area contributed by atoms with Crippen molar-refractivity contribution in [3.05, 3.63) is 64.1 Å². The summed E-state index contributed by atoms with van der Waals surface area (Å²) < 4.78 is 1.66. The van der Waals surface area contributed by atoms with Crippen LogP contribution < -0.4 is 5.32 Å². The summed E-state index contributed by atoms with van der Waals surface area (Å²) in [5, 5.41) is 16.0. The molecule has 1 heterocycles. The summed E-state index contributed by atoms with van der Waals surface area (Å²) >= 11 is 13.3. The van der Waals surface area contributed by atoms with Crippen molar-refractivity contribution in [2.45, 2.75) is 5.16 Å². The van der Waals surface area contributed by atoms with Crippen molar-refractivity contribution in [2.75, 3.05) is 12.3 Å². The van der Waals surface area contributed by atoms with Gasteiger partial charge in [0.05, 0.1) is 16.3 Å². The van der Waals surface area contributed by atoms with Gasteiger partial charge in [-0.15, -0.1) is 5.10 Å². The van der Waals surface area contributed by atoms with Crippen LogP contribution in [0.15, 0.2) is 53.7 Å². The SMILES string of the molecule is O=C(NCCSc1nnnn1-c1ccccc1)c1ccc(Cl)cc1Cl. The van der Waals surface area contributed by atoms with Crippen molar-refractivity contribution >= 4 is 40.9 Å². The molecule has 1 aromatic heterocycles. The predicted octanol–water partition coefficient (Wildman–Crippen LogP) is 3.49. The quantitative estimate of drug-likeness (QED) is 0.512. The van der Waals surface area contributed by atoms with Crippen LogP contribution in [0.1, 0.15) is 10.4 Å². The van der Waals surface area contributed by atoms with Crippen LogP contribution in [0.4, 0.5) is 0 Å². The number of nitrogens with zero attached hydrogens (tertiary/aromatic N) is 4. The van der Waals surface area contributed by atoms with Crippen LogP contribution in [-0.2, 0) is 0 Å². The minimum absolute atomic E-state index is 0.245. The normalized spacial score (nSPS) is 10.6. The largest absolute Gasteiger partial charge is 0.351 e. The van der Waals surface area contributed by atoms with Crippen LogP contribution in [0.5, 0.6) is 0 Å². The van der Waals surface area contributed by atoms with E-state index < -0.39 is 0 Å². The van der Waals surface area contributed by atoms with Crippen LogP contribution >= 0.6 is 35.0 Å². The first-order valence-corrected chi connectivity index (χ1v) is 9.09. The number of hydrogen-bond acceptors (Lipinski definition) is 5. The minimum Gasteiger partial charge on any atom is -0.351 e. The summed E-state index contributed by atoms with van der Waals surface area (Å²) in [6.07, 6.45) is 0. The molecule has 1 amide bonds. The molecule has 6 nitrogen and oxygen atoms in total. The summed E-state index contributed by atoms with van der Waals surface area (Å²) in [6.45, 7) is 0.449. The van der Waals surface area contributed by atoms with E-state index in [1.54, 1.807) is 22.9 Å². The first-order chi connectivity index (χ1) is 12.1. The third-order valence-corrected chi connectivity index (χ3v) is 4.71. The van der Waals surface area contributed by atoms with Gasteiger partial charge >= 0.3 is 0 Å². The molecule has 3 aromatic rings. The van der Waals surface area contributed by atoms with Gasteiger partial charge in [0.25, 0.3) is 5.91 Å². The van der Waals surface area contributed by atoms with Crippen LogP contribution in [0.25, 0.3) is 5.69 Å². The highest BCUT2D eigenvalue weighted by atomic mass is 35.5. The topological polar surface area (TPSA) is 72.7 Å². The van der Waals surface area contributed by atoms with Gasteiger partial charge in [0.1, 0.15) is 0 Å². The third-order valence-electron chi connectivity index (χ3n) is 3.24. The van der Waals surface area contributed by atoms with Gasteiger partial charge in [-0.05, 0) is 40.8 Å². The Labute approximate surface area is 158 Å². The Hall–Kier alpha value is -2.09. The fourth-order valence-corrected chi connectivity index (χ4v) is 3.32. The second-order valence-corrected chi connectivity index (χ2v) is 6.84. The van der Waals surface area contributed by atoms with Crippen molar-refractivity contribution in [3.8, 4) is 5.69 Å². The maximum Gasteiger partial charge on any atom is 0.252 e. The summed E-state index contributed by atoms with van der Waals surface area (Å²) in [5.41, 5.74) is 1.28. The van der Waals surface area contributed by atoms with E-state index in [-0.39, 0.29) is 5.91 Å². The molecule has 0 bridgehead atoms. The molecule has 2 aromatic carbocycles. The van der Waals surface area contributed by atoms with E-state index in [4.69, 9.17) is 23.2 Å². The maximum absolute atomic E-state index is 12.1. The van der Waals surface area contributed by atoms with Crippen LogP contribution in [0.2, 0.25) is 10.0 Å². The smallest absolute Gasteiger partial charge is 0.252 e. The molecule has 0 unspecified atom stereocenters. The van der Waals surface area contributed by atoms with Crippen molar-refractivity contribution in [3.63, 3.8) is 0 Å². The second-order valence-electron chi connectivity index (χ2n) is 4.94. The molecular formula is C16H13Cl2N5OS. The first kappa shape index (κ1) is 17.7. The van der Waals surface area contributed by atoms with Crippen molar-refractivity contribution in [1.29, 1.82) is 0 Å². The fourth-order valence-electron chi connectivity index (χ4n) is 2.08. The lowest BCUT2D eigenvalue weighted by molar-refractivity contribution is 0.0956. The summed E-state index contributed by atoms with van der Waals surface area (Å²) in [6, 6.07) is 14.4. The number of aromatic nitrogens is 4. The highest BCUT2D eigenvalue weighted by Crippen LogP contribution is 2.21. The molecular weight excluding hydrogens is 381 g/mol. The van der Waals surface area contributed by atoms with Gasteiger partial charge in [-0.2, -0.15) is 4.68 Å². The molecule has 0 aliphatic carbocycles. The number of nitrogens with one attached hydrogen (secondary N) is 1. The van der Waals surface area contributed by atoms with Gasteiger partial charge in [0.15, 0.2) is 0 Å². The summed E-state index contributed by atoms with van der Waals surface area (Å²) in [5.74, 6) is 0.370. The van der Waals surface area contributed by atoms with Gasteiger partial charge < -0.3 is 5.32 Å². The van der Waals surface area contributed by atoms with Crippen molar-refractivity contribution in [1.82, 2.24) is 25.5 Å². The van der Waals surface area contributed by atoms with E-state index in [0.717, 1.165) is 5.69 Å². The molecule has 0 saturated heterocycles. The monoisotopic (exact) mass is 393 g/mol. The van der Waals surface area contributed by atoms with Crippen molar-refractivity contribution in [2.24, 2.45) is 0 Å². The number of carbonyl (C=O) groups excluding carboxylic acids is 1. The molecule has 1 N–H and O–H groups in total. The molecule has 0 fully saturated rings. The van der Waals surface area contributed by atoms with Crippen LogP contribution in [0, 0.1) is 0 Å². The standard InChI is InChI=1S/C16H13Cl2N5OS/c17-11-6-7-13(14(18)10-11)15(24)19-8-9-25-16-20-21-22-23(16)12-4-2-1-3-5-12/h1-7,10H,8-9H2,(H,19,24). The number of carbonyl (C=O) groups is 1. The zero-order chi connectivity index (χ0) is 17.6. The molecule has 128 valence electrons. The van der Waals surface area contributed by atoms with E-state index in [2.05, 4.69) is 20.8 Å². The van der Waals surface area contributed by atoms with Gasteiger partial charge in [-0.25, -0.2) is 0 Å². The molecule has 0 aliphatic heterocycles. The van der Waals surface area contributed by atoms with E-state index in [1.807, 2.05) is 30.3 Å². The number of halogens is 2. The van der Waals surface area contributed by atoms with Gasteiger partial charge in [0, 0.05) is 17.3 Å². The third kappa shape index (κ3) is 4.50. The Bertz CT molecular complexity index is 872. The van der Waals surface area contributed by atoms with E-state index in [1.165, 1.54) is 11.8 Å². The Morgan fingerprint density at radius 3 is 2.72 bits per heavy atom. The number of thioether (sulfide) groups is 1. The zero-order valence-electron chi connectivity index (χ0n) is 12.9. The molecule has 0 saturated carbocycles. The fraction of sp³-hybridized carbons (Fsp3) is 0.125. The van der Waals surface area contributed by atoms with Crippen LogP contribution in [0.3, 0.4) is 0 Å². The van der Waals surface area contributed by atoms with E-state index in [9.17, 15) is 4.79 Å². The molecule has 0 spiro atoms. The van der Waals surface area contributed by atoms with Gasteiger partial charge in [-0.1, -0.05) is 53.2 Å². The number of amides is 1. The average Bonchev–Trinajstić information content (AvgIpc) is 3.08. The molecule has 0 radical (unpaired) electrons. The lowest BCUT2D eigenvalue weighted by Gasteiger charge is -2.07. The number of benzene rings is 2. The van der Waals surface area contributed by atoms with E-state index in [0.29, 0.717) is 33.1 Å². The molecule has 0 aliphatic rings. The van der Waals surface area contributed by atoms with Gasteiger partial charge in [-0.3, -0.25) is 4.79 Å². The number of rotatable bonds is 6. The number of tetrazole rings is 1. The average molecular weight is 394 g/mol. The Morgan fingerprint density at radius 2 is 1.96 bits per heavy atom. The number of hydrogen-bond donors (Lipinski definition) is 1. The molecule has 3 rings (SSSR count).